The summed E-state index contributed by atoms with van der Waals surface area (Å²) in [5.41, 5.74) is 6.64. The van der Waals surface area contributed by atoms with E-state index in [0.717, 1.165) is 6.42 Å². The number of carbonyl (C=O) groups excluding carboxylic acids is 1. The third-order valence-corrected chi connectivity index (χ3v) is 3.46. The van der Waals surface area contributed by atoms with Crippen molar-refractivity contribution in [1.29, 1.82) is 0 Å². The van der Waals surface area contributed by atoms with Crippen LogP contribution < -0.4 is 5.73 Å². The number of hydrogen-bond acceptors (Lipinski definition) is 4. The van der Waals surface area contributed by atoms with Crippen molar-refractivity contribution in [1.82, 2.24) is 4.90 Å². The molecule has 0 unspecified atom stereocenters. The van der Waals surface area contributed by atoms with Crippen molar-refractivity contribution in [2.24, 2.45) is 11.7 Å². The van der Waals surface area contributed by atoms with Crippen LogP contribution in [-0.2, 0) is 11.3 Å². The summed E-state index contributed by atoms with van der Waals surface area (Å²) in [6.07, 6.45) is 0.831. The highest BCUT2D eigenvalue weighted by molar-refractivity contribution is 5.81. The molecule has 0 aliphatic carbocycles. The van der Waals surface area contributed by atoms with E-state index in [4.69, 9.17) is 5.73 Å². The number of nitrogens with zero attached hydrogens (tertiary/aromatic N) is 2. The fraction of sp³-hybridized carbons (Fsp3) is 0.500. The van der Waals surface area contributed by atoms with E-state index in [1.54, 1.807) is 19.2 Å². The predicted octanol–water partition coefficient (Wildman–Crippen LogP) is 1.93. The van der Waals surface area contributed by atoms with Crippen LogP contribution in [0.3, 0.4) is 0 Å². The zero-order valence-electron chi connectivity index (χ0n) is 12.1. The van der Waals surface area contributed by atoms with Gasteiger partial charge in [0.1, 0.15) is 0 Å². The SMILES string of the molecule is CC[C@H](C)[C@H](N)C(=O)N(C)Cc1cccc([N+](=O)[O-])c1. The van der Waals surface area contributed by atoms with Crippen molar-refractivity contribution in [2.75, 3.05) is 7.05 Å². The summed E-state index contributed by atoms with van der Waals surface area (Å²) < 4.78 is 0. The number of carbonyl (C=O) groups is 1. The van der Waals surface area contributed by atoms with Crippen LogP contribution in [-0.4, -0.2) is 28.8 Å². The summed E-state index contributed by atoms with van der Waals surface area (Å²) in [6.45, 7) is 4.23. The molecule has 1 aromatic carbocycles. The number of likely N-dealkylation sites (N-methyl/N-ethyl adjacent to an activating group) is 1. The number of amides is 1. The Morgan fingerprint density at radius 2 is 2.15 bits per heavy atom. The highest BCUT2D eigenvalue weighted by Gasteiger charge is 2.23. The lowest BCUT2D eigenvalue weighted by atomic mass is 9.99. The highest BCUT2D eigenvalue weighted by Crippen LogP contribution is 2.15. The second-order valence-corrected chi connectivity index (χ2v) is 5.03. The van der Waals surface area contributed by atoms with E-state index >= 15 is 0 Å². The Hall–Kier alpha value is -1.95. The van der Waals surface area contributed by atoms with Crippen LogP contribution in [0.5, 0.6) is 0 Å². The van der Waals surface area contributed by atoms with Gasteiger partial charge in [-0.3, -0.25) is 14.9 Å². The molecule has 1 aromatic rings. The number of nitro benzene ring substituents is 1. The minimum absolute atomic E-state index is 0.0228. The normalized spacial score (nSPS) is 13.6. The van der Waals surface area contributed by atoms with Gasteiger partial charge in [0.2, 0.25) is 5.91 Å². The molecule has 0 aliphatic heterocycles. The summed E-state index contributed by atoms with van der Waals surface area (Å²) in [6, 6.07) is 5.73. The van der Waals surface area contributed by atoms with Crippen molar-refractivity contribution in [2.45, 2.75) is 32.9 Å². The first-order valence-electron chi connectivity index (χ1n) is 6.60. The van der Waals surface area contributed by atoms with Gasteiger partial charge in [-0.25, -0.2) is 0 Å². The van der Waals surface area contributed by atoms with Crippen molar-refractivity contribution in [3.05, 3.63) is 39.9 Å². The van der Waals surface area contributed by atoms with Crippen LogP contribution >= 0.6 is 0 Å². The lowest BCUT2D eigenvalue weighted by Gasteiger charge is -2.24. The Kier molecular flexibility index (Phi) is 5.64. The molecular formula is C14H21N3O3. The van der Waals surface area contributed by atoms with Crippen molar-refractivity contribution in [3.63, 3.8) is 0 Å². The minimum atomic E-state index is -0.538. The first kappa shape index (κ1) is 16.1. The van der Waals surface area contributed by atoms with Gasteiger partial charge in [0, 0.05) is 25.7 Å². The number of nitrogens with two attached hydrogens (primary N) is 1. The van der Waals surface area contributed by atoms with E-state index < -0.39 is 11.0 Å². The lowest BCUT2D eigenvalue weighted by Crippen LogP contribution is -2.45. The molecule has 2 atom stereocenters. The van der Waals surface area contributed by atoms with Crippen molar-refractivity contribution >= 4 is 11.6 Å². The van der Waals surface area contributed by atoms with E-state index in [2.05, 4.69) is 0 Å². The predicted molar refractivity (Wildman–Crippen MR) is 77.0 cm³/mol. The minimum Gasteiger partial charge on any atom is -0.340 e. The van der Waals surface area contributed by atoms with Gasteiger partial charge in [-0.05, 0) is 11.5 Å². The number of rotatable bonds is 6. The first-order valence-corrected chi connectivity index (χ1v) is 6.60. The molecule has 2 N–H and O–H groups in total. The zero-order chi connectivity index (χ0) is 15.3. The molecule has 0 radical (unpaired) electrons. The molecule has 1 rings (SSSR count). The summed E-state index contributed by atoms with van der Waals surface area (Å²) in [5.74, 6) is -0.0408. The Morgan fingerprint density at radius 3 is 2.70 bits per heavy atom. The molecule has 1 amide bonds. The number of non-ortho nitro benzene ring substituents is 1. The lowest BCUT2D eigenvalue weighted by molar-refractivity contribution is -0.384. The van der Waals surface area contributed by atoms with Crippen LogP contribution in [0.25, 0.3) is 0 Å². The van der Waals surface area contributed by atoms with Crippen LogP contribution in [0.1, 0.15) is 25.8 Å². The third-order valence-electron chi connectivity index (χ3n) is 3.46. The Bertz CT molecular complexity index is 490. The number of nitro groups is 1. The molecule has 0 saturated carbocycles. The molecule has 6 nitrogen and oxygen atoms in total. The van der Waals surface area contributed by atoms with E-state index in [-0.39, 0.29) is 17.5 Å². The zero-order valence-corrected chi connectivity index (χ0v) is 12.1. The van der Waals surface area contributed by atoms with Crippen molar-refractivity contribution < 1.29 is 9.72 Å². The molecule has 0 aromatic heterocycles. The smallest absolute Gasteiger partial charge is 0.269 e. The largest absolute Gasteiger partial charge is 0.340 e. The molecule has 6 heteroatoms. The molecule has 110 valence electrons. The quantitative estimate of drug-likeness (QED) is 0.636. The first-order chi connectivity index (χ1) is 9.36. The summed E-state index contributed by atoms with van der Waals surface area (Å²) in [7, 11) is 1.66. The van der Waals surface area contributed by atoms with Crippen LogP contribution in [0.2, 0.25) is 0 Å². The maximum atomic E-state index is 12.1. The molecule has 0 spiro atoms. The van der Waals surface area contributed by atoms with Gasteiger partial charge >= 0.3 is 0 Å². The standard InChI is InChI=1S/C14H21N3O3/c1-4-10(2)13(15)14(18)16(3)9-11-6-5-7-12(8-11)17(19)20/h5-8,10,13H,4,9,15H2,1-3H3/t10-,13-/m0/s1. The van der Waals surface area contributed by atoms with E-state index in [1.807, 2.05) is 13.8 Å². The maximum absolute atomic E-state index is 12.1. The molecule has 0 saturated heterocycles. The fourth-order valence-electron chi connectivity index (χ4n) is 1.87. The molecule has 0 fully saturated rings. The Labute approximate surface area is 118 Å². The molecule has 0 bridgehead atoms. The number of benzene rings is 1. The molecule has 20 heavy (non-hydrogen) atoms. The van der Waals surface area contributed by atoms with E-state index in [1.165, 1.54) is 17.0 Å². The summed E-state index contributed by atoms with van der Waals surface area (Å²) in [5, 5.41) is 10.7. The van der Waals surface area contributed by atoms with Crippen LogP contribution in [0, 0.1) is 16.0 Å². The van der Waals surface area contributed by atoms with E-state index in [9.17, 15) is 14.9 Å². The average Bonchev–Trinajstić information content (AvgIpc) is 2.44. The average molecular weight is 279 g/mol. The van der Waals surface area contributed by atoms with Crippen molar-refractivity contribution in [3.8, 4) is 0 Å². The molecular weight excluding hydrogens is 258 g/mol. The van der Waals surface area contributed by atoms with E-state index in [0.29, 0.717) is 12.1 Å². The monoisotopic (exact) mass is 279 g/mol. The van der Waals surface area contributed by atoms with Gasteiger partial charge in [-0.2, -0.15) is 0 Å². The second-order valence-electron chi connectivity index (χ2n) is 5.03. The topological polar surface area (TPSA) is 89.5 Å². The summed E-state index contributed by atoms with van der Waals surface area (Å²) in [4.78, 5) is 23.9. The van der Waals surface area contributed by atoms with Gasteiger partial charge in [-0.1, -0.05) is 32.4 Å². The fourth-order valence-corrected chi connectivity index (χ4v) is 1.87. The molecule has 0 heterocycles. The molecule has 0 aliphatic rings. The Morgan fingerprint density at radius 1 is 1.50 bits per heavy atom. The van der Waals surface area contributed by atoms with Crippen LogP contribution in [0.15, 0.2) is 24.3 Å². The summed E-state index contributed by atoms with van der Waals surface area (Å²) >= 11 is 0. The number of hydrogen-bond donors (Lipinski definition) is 1. The van der Waals surface area contributed by atoms with Crippen LogP contribution in [0.4, 0.5) is 5.69 Å². The van der Waals surface area contributed by atoms with Gasteiger partial charge in [0.25, 0.3) is 5.69 Å². The van der Waals surface area contributed by atoms with Gasteiger partial charge in [-0.15, -0.1) is 0 Å². The maximum Gasteiger partial charge on any atom is 0.269 e. The second kappa shape index (κ2) is 7.00. The van der Waals surface area contributed by atoms with Gasteiger partial charge in [0.05, 0.1) is 11.0 Å². The van der Waals surface area contributed by atoms with Gasteiger partial charge in [0.15, 0.2) is 0 Å². The third kappa shape index (κ3) is 4.03. The Balaban J connectivity index is 2.75. The van der Waals surface area contributed by atoms with Gasteiger partial charge < -0.3 is 10.6 Å². The highest BCUT2D eigenvalue weighted by atomic mass is 16.6.